The first-order chi connectivity index (χ1) is 10.3. The van der Waals surface area contributed by atoms with Gasteiger partial charge >= 0.3 is 0 Å². The number of nitrogens with one attached hydrogen (secondary N) is 1. The van der Waals surface area contributed by atoms with E-state index in [1.807, 2.05) is 30.5 Å². The molecule has 0 spiro atoms. The van der Waals surface area contributed by atoms with E-state index in [4.69, 9.17) is 5.11 Å². The molecule has 2 heterocycles. The number of aliphatic hydroxyl groups is 1. The van der Waals surface area contributed by atoms with Gasteiger partial charge in [0, 0.05) is 5.69 Å². The van der Waals surface area contributed by atoms with Gasteiger partial charge < -0.3 is 10.4 Å². The van der Waals surface area contributed by atoms with Gasteiger partial charge in [-0.1, -0.05) is 5.21 Å². The minimum absolute atomic E-state index is 0.0555. The van der Waals surface area contributed by atoms with Crippen molar-refractivity contribution in [3.63, 3.8) is 0 Å². The maximum atomic E-state index is 8.83. The maximum absolute atomic E-state index is 8.83. The van der Waals surface area contributed by atoms with Crippen LogP contribution in [0.1, 0.15) is 5.69 Å². The number of aliphatic hydroxyl groups excluding tert-OH is 1. The summed E-state index contributed by atoms with van der Waals surface area (Å²) in [5.41, 5.74) is 2.76. The molecule has 3 aromatic rings. The van der Waals surface area contributed by atoms with E-state index in [0.717, 1.165) is 17.1 Å². The van der Waals surface area contributed by atoms with Gasteiger partial charge in [-0.05, 0) is 24.3 Å². The Labute approximate surface area is 121 Å². The third kappa shape index (κ3) is 3.23. The lowest BCUT2D eigenvalue weighted by atomic mass is 10.3. The van der Waals surface area contributed by atoms with Crippen molar-refractivity contribution < 1.29 is 5.11 Å². The molecule has 0 radical (unpaired) electrons. The number of benzene rings is 1. The Morgan fingerprint density at radius 1 is 1.19 bits per heavy atom. The molecule has 1 aromatic carbocycles. The first kappa shape index (κ1) is 13.3. The Kier molecular flexibility index (Phi) is 3.88. The lowest BCUT2D eigenvalue weighted by molar-refractivity contribution is 0.268. The predicted octanol–water partition coefficient (Wildman–Crippen LogP) is 0.463. The summed E-state index contributed by atoms with van der Waals surface area (Å²) in [5, 5.41) is 24.1. The molecule has 0 fully saturated rings. The van der Waals surface area contributed by atoms with Crippen molar-refractivity contribution in [1.29, 1.82) is 0 Å². The highest BCUT2D eigenvalue weighted by Gasteiger charge is 2.01. The number of rotatable bonds is 6. The Balaban J connectivity index is 1.60. The van der Waals surface area contributed by atoms with E-state index in [-0.39, 0.29) is 6.61 Å². The van der Waals surface area contributed by atoms with Crippen LogP contribution in [0, 0.1) is 0 Å². The minimum Gasteiger partial charge on any atom is -0.394 e. The highest BCUT2D eigenvalue weighted by atomic mass is 16.3. The van der Waals surface area contributed by atoms with Gasteiger partial charge in [0.2, 0.25) is 0 Å². The van der Waals surface area contributed by atoms with E-state index in [1.165, 1.54) is 6.33 Å². The molecule has 0 saturated carbocycles. The molecule has 0 unspecified atom stereocenters. The van der Waals surface area contributed by atoms with Crippen molar-refractivity contribution in [3.8, 4) is 5.69 Å². The smallest absolute Gasteiger partial charge is 0.138 e. The zero-order valence-corrected chi connectivity index (χ0v) is 11.3. The van der Waals surface area contributed by atoms with Crippen LogP contribution in [0.3, 0.4) is 0 Å². The van der Waals surface area contributed by atoms with Crippen LogP contribution in [0.2, 0.25) is 0 Å². The van der Waals surface area contributed by atoms with Crippen LogP contribution in [-0.4, -0.2) is 41.5 Å². The highest BCUT2D eigenvalue weighted by Crippen LogP contribution is 2.12. The molecule has 0 saturated heterocycles. The average Bonchev–Trinajstić information content (AvgIpc) is 3.18. The van der Waals surface area contributed by atoms with Gasteiger partial charge in [-0.25, -0.2) is 14.3 Å². The van der Waals surface area contributed by atoms with Gasteiger partial charge in [0.1, 0.15) is 18.3 Å². The van der Waals surface area contributed by atoms with Gasteiger partial charge in [0.05, 0.1) is 31.6 Å². The standard InChI is InChI=1S/C13H15N7O/c21-6-5-19-8-12(17-18-19)7-15-11-1-3-13(4-2-11)20-10-14-9-16-20/h1-4,8-10,15,21H,5-7H2. The molecule has 108 valence electrons. The summed E-state index contributed by atoms with van der Waals surface area (Å²) >= 11 is 0. The molecular formula is C13H15N7O. The molecule has 0 aliphatic heterocycles. The summed E-state index contributed by atoms with van der Waals surface area (Å²) in [6, 6.07) is 7.85. The molecule has 8 nitrogen and oxygen atoms in total. The lowest BCUT2D eigenvalue weighted by Crippen LogP contribution is -2.02. The van der Waals surface area contributed by atoms with Crippen molar-refractivity contribution in [2.24, 2.45) is 0 Å². The molecule has 21 heavy (non-hydrogen) atoms. The predicted molar refractivity (Wildman–Crippen MR) is 75.8 cm³/mol. The van der Waals surface area contributed by atoms with E-state index in [1.54, 1.807) is 15.7 Å². The third-order valence-corrected chi connectivity index (χ3v) is 2.94. The van der Waals surface area contributed by atoms with Crippen molar-refractivity contribution in [2.45, 2.75) is 13.1 Å². The molecular weight excluding hydrogens is 270 g/mol. The molecule has 8 heteroatoms. The fourth-order valence-electron chi connectivity index (χ4n) is 1.90. The summed E-state index contributed by atoms with van der Waals surface area (Å²) in [6.07, 6.45) is 4.97. The molecule has 2 N–H and O–H groups in total. The van der Waals surface area contributed by atoms with Gasteiger partial charge in [0.15, 0.2) is 0 Å². The van der Waals surface area contributed by atoms with E-state index < -0.39 is 0 Å². The summed E-state index contributed by atoms with van der Waals surface area (Å²) in [5.74, 6) is 0. The number of hydrogen-bond donors (Lipinski definition) is 2. The molecule has 0 atom stereocenters. The topological polar surface area (TPSA) is 93.7 Å². The Hall–Kier alpha value is -2.74. The molecule has 2 aromatic heterocycles. The highest BCUT2D eigenvalue weighted by molar-refractivity contribution is 5.48. The normalized spacial score (nSPS) is 10.7. The number of anilines is 1. The van der Waals surface area contributed by atoms with Crippen LogP contribution in [0.25, 0.3) is 5.69 Å². The van der Waals surface area contributed by atoms with Crippen LogP contribution in [0.5, 0.6) is 0 Å². The summed E-state index contributed by atoms with van der Waals surface area (Å²) in [7, 11) is 0. The summed E-state index contributed by atoms with van der Waals surface area (Å²) < 4.78 is 3.31. The summed E-state index contributed by atoms with van der Waals surface area (Å²) in [4.78, 5) is 3.92. The fourth-order valence-corrected chi connectivity index (χ4v) is 1.90. The number of aromatic nitrogens is 6. The van der Waals surface area contributed by atoms with Crippen molar-refractivity contribution >= 4 is 5.69 Å². The molecule has 0 aliphatic carbocycles. The minimum atomic E-state index is 0.0555. The van der Waals surface area contributed by atoms with E-state index in [2.05, 4.69) is 25.7 Å². The molecule has 0 amide bonds. The Bertz CT molecular complexity index is 675. The maximum Gasteiger partial charge on any atom is 0.138 e. The van der Waals surface area contributed by atoms with Crippen LogP contribution in [-0.2, 0) is 13.1 Å². The van der Waals surface area contributed by atoms with Crippen LogP contribution >= 0.6 is 0 Å². The van der Waals surface area contributed by atoms with Crippen LogP contribution in [0.4, 0.5) is 5.69 Å². The Morgan fingerprint density at radius 3 is 2.76 bits per heavy atom. The first-order valence-electron chi connectivity index (χ1n) is 6.54. The fraction of sp³-hybridized carbons (Fsp3) is 0.231. The van der Waals surface area contributed by atoms with Crippen molar-refractivity contribution in [2.75, 3.05) is 11.9 Å². The monoisotopic (exact) mass is 285 g/mol. The zero-order valence-electron chi connectivity index (χ0n) is 11.3. The van der Waals surface area contributed by atoms with Crippen molar-refractivity contribution in [1.82, 2.24) is 29.8 Å². The van der Waals surface area contributed by atoms with Gasteiger partial charge in [-0.3, -0.25) is 0 Å². The zero-order chi connectivity index (χ0) is 14.5. The van der Waals surface area contributed by atoms with Gasteiger partial charge in [-0.15, -0.1) is 5.10 Å². The van der Waals surface area contributed by atoms with Gasteiger partial charge in [-0.2, -0.15) is 5.10 Å². The second-order valence-electron chi connectivity index (χ2n) is 4.44. The number of hydrogen-bond acceptors (Lipinski definition) is 6. The van der Waals surface area contributed by atoms with Crippen molar-refractivity contribution in [3.05, 3.63) is 48.8 Å². The second-order valence-corrected chi connectivity index (χ2v) is 4.44. The first-order valence-corrected chi connectivity index (χ1v) is 6.54. The SMILES string of the molecule is OCCn1cc(CNc2ccc(-n3cncn3)cc2)nn1. The lowest BCUT2D eigenvalue weighted by Gasteiger charge is -2.05. The Morgan fingerprint density at radius 2 is 2.05 bits per heavy atom. The molecule has 0 aliphatic rings. The average molecular weight is 285 g/mol. The molecule has 0 bridgehead atoms. The second kappa shape index (κ2) is 6.14. The van der Waals surface area contributed by atoms with Crippen LogP contribution < -0.4 is 5.32 Å². The summed E-state index contributed by atoms with van der Waals surface area (Å²) in [6.45, 7) is 1.09. The van der Waals surface area contributed by atoms with E-state index >= 15 is 0 Å². The van der Waals surface area contributed by atoms with E-state index in [9.17, 15) is 0 Å². The molecule has 3 rings (SSSR count). The largest absolute Gasteiger partial charge is 0.394 e. The quantitative estimate of drug-likeness (QED) is 0.683. The number of nitrogens with zero attached hydrogens (tertiary/aromatic N) is 6. The van der Waals surface area contributed by atoms with Gasteiger partial charge in [0.25, 0.3) is 0 Å². The third-order valence-electron chi connectivity index (χ3n) is 2.94. The van der Waals surface area contributed by atoms with E-state index in [0.29, 0.717) is 13.1 Å². The van der Waals surface area contributed by atoms with Crippen LogP contribution in [0.15, 0.2) is 43.1 Å².